The van der Waals surface area contributed by atoms with Crippen molar-refractivity contribution in [3.05, 3.63) is 63.1 Å². The number of aldehydes is 1. The van der Waals surface area contributed by atoms with Crippen LogP contribution in [0, 0.1) is 0 Å². The molecular weight excluding hydrogens is 537 g/mol. The molecule has 8 nitrogen and oxygen atoms in total. The van der Waals surface area contributed by atoms with Crippen LogP contribution >= 0.6 is 23.2 Å². The summed E-state index contributed by atoms with van der Waals surface area (Å²) in [6.07, 6.45) is 1.14. The Morgan fingerprint density at radius 3 is 2.68 bits per heavy atom. The first-order valence-corrected chi connectivity index (χ1v) is 14.1. The third-order valence-electron chi connectivity index (χ3n) is 5.88. The van der Waals surface area contributed by atoms with Crippen LogP contribution in [0.1, 0.15) is 35.4 Å². The van der Waals surface area contributed by atoms with Crippen LogP contribution in [0.3, 0.4) is 0 Å². The summed E-state index contributed by atoms with van der Waals surface area (Å²) in [5.41, 5.74) is 3.25. The third-order valence-corrected chi connectivity index (χ3v) is 7.58. The Labute approximate surface area is 231 Å². The van der Waals surface area contributed by atoms with Gasteiger partial charge in [-0.15, -0.1) is 4.72 Å². The zero-order chi connectivity index (χ0) is 26.6. The van der Waals surface area contributed by atoms with Crippen molar-refractivity contribution in [2.45, 2.75) is 30.2 Å². The Hall–Kier alpha value is -1.69. The number of benzene rings is 2. The summed E-state index contributed by atoms with van der Waals surface area (Å²) in [5.74, 6) is -0.0869. The van der Waals surface area contributed by atoms with Gasteiger partial charge in [0, 0.05) is 48.4 Å². The lowest BCUT2D eigenvalue weighted by Gasteiger charge is -2.33. The Kier molecular flexibility index (Phi) is 12.6. The summed E-state index contributed by atoms with van der Waals surface area (Å²) in [6.45, 7) is 3.92. The van der Waals surface area contributed by atoms with Gasteiger partial charge in [-0.25, -0.2) is 0 Å². The smallest absolute Gasteiger partial charge is 0.220 e. The number of halogens is 2. The predicted molar refractivity (Wildman–Crippen MR) is 145 cm³/mol. The zero-order valence-corrected chi connectivity index (χ0v) is 23.2. The minimum atomic E-state index is -1.38. The van der Waals surface area contributed by atoms with Crippen LogP contribution in [0.5, 0.6) is 0 Å². The van der Waals surface area contributed by atoms with Gasteiger partial charge in [0.05, 0.1) is 44.3 Å². The van der Waals surface area contributed by atoms with Gasteiger partial charge in [0.15, 0.2) is 4.90 Å². The monoisotopic (exact) mass is 569 g/mol. The molecule has 0 radical (unpaired) electrons. The summed E-state index contributed by atoms with van der Waals surface area (Å²) < 4.78 is 26.7. The molecule has 0 spiro atoms. The molecule has 2 aromatic carbocycles. The number of hydrogen-bond donors (Lipinski definition) is 2. The van der Waals surface area contributed by atoms with Gasteiger partial charge in [-0.1, -0.05) is 35.3 Å². The molecular formula is C26H33Cl2N3O5S. The van der Waals surface area contributed by atoms with Gasteiger partial charge in [0.1, 0.15) is 6.29 Å². The second-order valence-electron chi connectivity index (χ2n) is 8.72. The summed E-state index contributed by atoms with van der Waals surface area (Å²) in [5, 5.41) is 3.96. The molecule has 0 fully saturated rings. The molecule has 202 valence electrons. The third kappa shape index (κ3) is 9.53. The van der Waals surface area contributed by atoms with Crippen molar-refractivity contribution in [1.29, 1.82) is 0 Å². The van der Waals surface area contributed by atoms with Crippen LogP contribution < -0.4 is 10.0 Å². The van der Waals surface area contributed by atoms with E-state index >= 15 is 0 Å². The summed E-state index contributed by atoms with van der Waals surface area (Å²) in [6, 6.07) is 11.5. The molecule has 0 bridgehead atoms. The van der Waals surface area contributed by atoms with Crippen molar-refractivity contribution >= 4 is 46.8 Å². The van der Waals surface area contributed by atoms with Gasteiger partial charge in [-0.05, 0) is 48.0 Å². The lowest BCUT2D eigenvalue weighted by atomic mass is 9.85. The number of rotatable bonds is 15. The van der Waals surface area contributed by atoms with E-state index in [1.165, 1.54) is 0 Å². The maximum Gasteiger partial charge on any atom is 0.220 e. The molecule has 2 atom stereocenters. The quantitative estimate of drug-likeness (QED) is 0.193. The number of fused-ring (bicyclic) bond motifs is 1. The first kappa shape index (κ1) is 29.9. The Balaban J connectivity index is 1.40. The minimum Gasteiger partial charge on any atom is -0.593 e. The van der Waals surface area contributed by atoms with Crippen molar-refractivity contribution in [3.63, 3.8) is 0 Å². The van der Waals surface area contributed by atoms with Crippen LogP contribution in [-0.2, 0) is 37.0 Å². The van der Waals surface area contributed by atoms with E-state index in [4.69, 9.17) is 32.7 Å². The average Bonchev–Trinajstić information content (AvgIpc) is 2.88. The molecule has 3 rings (SSSR count). The van der Waals surface area contributed by atoms with E-state index in [1.807, 2.05) is 30.3 Å². The van der Waals surface area contributed by atoms with Crippen LogP contribution in [0.4, 0.5) is 0 Å². The highest BCUT2D eigenvalue weighted by molar-refractivity contribution is 7.89. The summed E-state index contributed by atoms with van der Waals surface area (Å²) >= 11 is 11.4. The first-order chi connectivity index (χ1) is 17.9. The number of amides is 1. The lowest BCUT2D eigenvalue weighted by molar-refractivity contribution is -0.122. The van der Waals surface area contributed by atoms with E-state index in [0.29, 0.717) is 54.5 Å². The maximum atomic E-state index is 12.8. The van der Waals surface area contributed by atoms with E-state index < -0.39 is 11.4 Å². The first-order valence-electron chi connectivity index (χ1n) is 12.2. The van der Waals surface area contributed by atoms with Gasteiger partial charge in [0.2, 0.25) is 5.91 Å². The number of nitrogens with zero attached hydrogens (tertiary/aromatic N) is 1. The van der Waals surface area contributed by atoms with Crippen LogP contribution in [0.25, 0.3) is 0 Å². The minimum absolute atomic E-state index is 0.0786. The fourth-order valence-electron chi connectivity index (χ4n) is 4.13. The SMILES string of the molecule is CN1Cc2c(Cl)cc(Cl)cc2C(c2cccc([S+]([O-])NCCOCCOCCNC(=O)CCC=O)c2)C1. The Morgan fingerprint density at radius 2 is 1.92 bits per heavy atom. The van der Waals surface area contributed by atoms with Crippen molar-refractivity contribution in [2.24, 2.45) is 0 Å². The van der Waals surface area contributed by atoms with E-state index in [-0.39, 0.29) is 24.7 Å². The molecule has 2 unspecified atom stereocenters. The Bertz CT molecular complexity index is 1050. The molecule has 0 saturated carbocycles. The highest BCUT2D eigenvalue weighted by Gasteiger charge is 2.28. The van der Waals surface area contributed by atoms with Gasteiger partial charge < -0.3 is 29.0 Å². The fraction of sp³-hybridized carbons (Fsp3) is 0.462. The fourth-order valence-corrected chi connectivity index (χ4v) is 5.58. The van der Waals surface area contributed by atoms with Crippen molar-refractivity contribution in [2.75, 3.05) is 53.1 Å². The number of hydrogen-bond acceptors (Lipinski definition) is 7. The molecule has 2 N–H and O–H groups in total. The number of likely N-dealkylation sites (N-methyl/N-ethyl adjacent to an activating group) is 1. The number of carbonyl (C=O) groups is 2. The second-order valence-corrected chi connectivity index (χ2v) is 10.9. The highest BCUT2D eigenvalue weighted by Crippen LogP contribution is 2.38. The number of carbonyl (C=O) groups excluding carboxylic acids is 2. The predicted octanol–water partition coefficient (Wildman–Crippen LogP) is 3.31. The molecule has 1 aliphatic heterocycles. The molecule has 37 heavy (non-hydrogen) atoms. The molecule has 1 amide bonds. The van der Waals surface area contributed by atoms with E-state index in [2.05, 4.69) is 22.0 Å². The van der Waals surface area contributed by atoms with Gasteiger partial charge in [0.25, 0.3) is 0 Å². The lowest BCUT2D eigenvalue weighted by Crippen LogP contribution is -2.31. The number of ether oxygens (including phenoxy) is 2. The highest BCUT2D eigenvalue weighted by atomic mass is 35.5. The topological polar surface area (TPSA) is 103 Å². The summed E-state index contributed by atoms with van der Waals surface area (Å²) in [4.78, 5) is 24.5. The van der Waals surface area contributed by atoms with Gasteiger partial charge >= 0.3 is 0 Å². The molecule has 11 heteroatoms. The van der Waals surface area contributed by atoms with Gasteiger partial charge in [-0.3, -0.25) is 4.79 Å². The molecule has 1 aliphatic rings. The van der Waals surface area contributed by atoms with Crippen molar-refractivity contribution in [3.8, 4) is 0 Å². The van der Waals surface area contributed by atoms with Crippen LogP contribution in [0.15, 0.2) is 41.3 Å². The Morgan fingerprint density at radius 1 is 1.16 bits per heavy atom. The largest absolute Gasteiger partial charge is 0.593 e. The van der Waals surface area contributed by atoms with E-state index in [9.17, 15) is 14.1 Å². The molecule has 2 aromatic rings. The van der Waals surface area contributed by atoms with Crippen molar-refractivity contribution in [1.82, 2.24) is 14.9 Å². The maximum absolute atomic E-state index is 12.8. The molecule has 1 heterocycles. The van der Waals surface area contributed by atoms with E-state index in [1.54, 1.807) is 6.07 Å². The molecule has 0 saturated heterocycles. The standard InChI is InChI=1S/C26H33Cl2N3O5S/c1-31-17-23(22-15-20(27)16-25(28)24(22)18-31)19-4-2-5-21(14-19)37(34)30-8-11-36-13-12-35-10-7-29-26(33)6-3-9-32/h2,4-5,9,14-16,23,30H,3,6-8,10-13,17-18H2,1H3,(H,29,33). The normalized spacial score (nSPS) is 16.3. The van der Waals surface area contributed by atoms with Crippen LogP contribution in [0.2, 0.25) is 10.0 Å². The van der Waals surface area contributed by atoms with Crippen molar-refractivity contribution < 1.29 is 23.6 Å². The number of nitrogens with one attached hydrogen (secondary N) is 2. The van der Waals surface area contributed by atoms with Gasteiger partial charge in [-0.2, -0.15) is 0 Å². The average molecular weight is 571 g/mol. The van der Waals surface area contributed by atoms with E-state index in [0.717, 1.165) is 36.1 Å². The molecule has 0 aromatic heterocycles. The van der Waals surface area contributed by atoms with Crippen LogP contribution in [-0.4, -0.2) is 74.8 Å². The summed E-state index contributed by atoms with van der Waals surface area (Å²) in [7, 11) is 2.06. The second kappa shape index (κ2) is 15.7. The zero-order valence-electron chi connectivity index (χ0n) is 20.8. The molecule has 0 aliphatic carbocycles.